The van der Waals surface area contributed by atoms with E-state index >= 15 is 0 Å². The second kappa shape index (κ2) is 5.39. The number of rotatable bonds is 5. The zero-order valence-corrected chi connectivity index (χ0v) is 10.5. The van der Waals surface area contributed by atoms with E-state index in [4.69, 9.17) is 0 Å². The van der Waals surface area contributed by atoms with E-state index in [0.717, 1.165) is 24.5 Å². The molecule has 2 aromatic heterocycles. The first-order valence-corrected chi connectivity index (χ1v) is 6.18. The lowest BCUT2D eigenvalue weighted by atomic mass is 10.2. The topological polar surface area (TPSA) is 58.5 Å². The smallest absolute Gasteiger partial charge is 0.0922 e. The van der Waals surface area contributed by atoms with Gasteiger partial charge in [0.1, 0.15) is 0 Å². The van der Waals surface area contributed by atoms with Crippen molar-refractivity contribution in [3.8, 4) is 0 Å². The van der Waals surface area contributed by atoms with Crippen molar-refractivity contribution in [3.63, 3.8) is 0 Å². The largest absolute Gasteiger partial charge is 0.377 e. The van der Waals surface area contributed by atoms with E-state index in [0.29, 0.717) is 0 Å². The maximum atomic E-state index is 4.34. The maximum absolute atomic E-state index is 4.34. The van der Waals surface area contributed by atoms with Crippen molar-refractivity contribution < 1.29 is 0 Å². The first-order valence-electron chi connectivity index (χ1n) is 6.18. The molecule has 0 fully saturated rings. The second-order valence-electron chi connectivity index (χ2n) is 4.34. The second-order valence-corrected chi connectivity index (χ2v) is 4.34. The lowest BCUT2D eigenvalue weighted by Gasteiger charge is -2.02. The molecular weight excluding hydrogens is 238 g/mol. The van der Waals surface area contributed by atoms with Gasteiger partial charge in [0.05, 0.1) is 37.0 Å². The molecule has 0 spiro atoms. The summed E-state index contributed by atoms with van der Waals surface area (Å²) in [6.07, 6.45) is 7.32. The monoisotopic (exact) mass is 253 g/mol. The third-order valence-electron chi connectivity index (χ3n) is 2.86. The number of anilines is 1. The summed E-state index contributed by atoms with van der Waals surface area (Å²) in [6.45, 7) is 1.50. The highest BCUT2D eigenvalue weighted by atomic mass is 15.3. The number of imidazole rings is 1. The number of aromatic amines is 1. The summed E-state index contributed by atoms with van der Waals surface area (Å²) in [5.41, 5.74) is 3.30. The molecule has 0 aliphatic rings. The quantitative estimate of drug-likeness (QED) is 0.733. The fraction of sp³-hybridized carbons (Fsp3) is 0.143. The standard InChI is InChI=1S/C14H15N5/c1-2-4-12(5-3-1)9-19-10-14(8-18-19)16-7-13-6-15-11-17-13/h1-6,8,10-11,16H,7,9H2,(H,15,17). The lowest BCUT2D eigenvalue weighted by Crippen LogP contribution is -2.00. The van der Waals surface area contributed by atoms with Crippen molar-refractivity contribution in [2.24, 2.45) is 0 Å². The van der Waals surface area contributed by atoms with Gasteiger partial charge in [0, 0.05) is 12.4 Å². The predicted octanol–water partition coefficient (Wildman–Crippen LogP) is 2.27. The Bertz CT molecular complexity index is 612. The fourth-order valence-corrected chi connectivity index (χ4v) is 1.89. The fourth-order valence-electron chi connectivity index (χ4n) is 1.89. The van der Waals surface area contributed by atoms with Gasteiger partial charge < -0.3 is 10.3 Å². The van der Waals surface area contributed by atoms with Crippen LogP contribution in [0.15, 0.2) is 55.2 Å². The lowest BCUT2D eigenvalue weighted by molar-refractivity contribution is 0.687. The number of benzene rings is 1. The van der Waals surface area contributed by atoms with Crippen LogP contribution in [0.2, 0.25) is 0 Å². The van der Waals surface area contributed by atoms with Crippen LogP contribution in [0.4, 0.5) is 5.69 Å². The van der Waals surface area contributed by atoms with Crippen molar-refractivity contribution in [2.75, 3.05) is 5.32 Å². The number of hydrogen-bond donors (Lipinski definition) is 2. The third-order valence-corrected chi connectivity index (χ3v) is 2.86. The number of aromatic nitrogens is 4. The maximum Gasteiger partial charge on any atom is 0.0922 e. The van der Waals surface area contributed by atoms with Gasteiger partial charge in [-0.15, -0.1) is 0 Å². The predicted molar refractivity (Wildman–Crippen MR) is 73.7 cm³/mol. The molecule has 3 aromatic rings. The zero-order valence-electron chi connectivity index (χ0n) is 10.5. The van der Waals surface area contributed by atoms with Gasteiger partial charge in [0.25, 0.3) is 0 Å². The molecule has 2 N–H and O–H groups in total. The van der Waals surface area contributed by atoms with Gasteiger partial charge in [-0.1, -0.05) is 30.3 Å². The van der Waals surface area contributed by atoms with Gasteiger partial charge >= 0.3 is 0 Å². The van der Waals surface area contributed by atoms with Crippen molar-refractivity contribution in [3.05, 3.63) is 66.5 Å². The molecule has 0 saturated carbocycles. The average molecular weight is 253 g/mol. The van der Waals surface area contributed by atoms with Gasteiger partial charge in [-0.3, -0.25) is 4.68 Å². The molecule has 0 bridgehead atoms. The summed E-state index contributed by atoms with van der Waals surface area (Å²) in [4.78, 5) is 7.03. The number of hydrogen-bond acceptors (Lipinski definition) is 3. The molecule has 0 atom stereocenters. The van der Waals surface area contributed by atoms with Crippen LogP contribution in [0.5, 0.6) is 0 Å². The molecule has 5 nitrogen and oxygen atoms in total. The van der Waals surface area contributed by atoms with Crippen molar-refractivity contribution in [1.82, 2.24) is 19.7 Å². The van der Waals surface area contributed by atoms with E-state index in [1.807, 2.05) is 35.3 Å². The first-order chi connectivity index (χ1) is 9.40. The normalized spacial score (nSPS) is 10.5. The minimum Gasteiger partial charge on any atom is -0.377 e. The van der Waals surface area contributed by atoms with E-state index < -0.39 is 0 Å². The minimum absolute atomic E-state index is 0.719. The first kappa shape index (κ1) is 11.5. The highest BCUT2D eigenvalue weighted by Gasteiger charge is 2.00. The summed E-state index contributed by atoms with van der Waals surface area (Å²) < 4.78 is 1.92. The van der Waals surface area contributed by atoms with Crippen molar-refractivity contribution in [2.45, 2.75) is 13.1 Å². The minimum atomic E-state index is 0.719. The Balaban J connectivity index is 1.60. The summed E-state index contributed by atoms with van der Waals surface area (Å²) in [5.74, 6) is 0. The molecule has 3 rings (SSSR count). The van der Waals surface area contributed by atoms with E-state index in [-0.39, 0.29) is 0 Å². The van der Waals surface area contributed by atoms with Crippen LogP contribution in [0, 0.1) is 0 Å². The molecule has 0 saturated heterocycles. The molecule has 0 unspecified atom stereocenters. The molecule has 19 heavy (non-hydrogen) atoms. The van der Waals surface area contributed by atoms with Crippen LogP contribution in [0.1, 0.15) is 11.3 Å². The van der Waals surface area contributed by atoms with Crippen LogP contribution < -0.4 is 5.32 Å². The summed E-state index contributed by atoms with van der Waals surface area (Å²) in [6, 6.07) is 10.3. The van der Waals surface area contributed by atoms with E-state index in [1.54, 1.807) is 12.5 Å². The zero-order chi connectivity index (χ0) is 12.9. The molecule has 5 heteroatoms. The molecule has 0 aliphatic carbocycles. The van der Waals surface area contributed by atoms with E-state index in [1.165, 1.54) is 5.56 Å². The van der Waals surface area contributed by atoms with Crippen LogP contribution in [-0.2, 0) is 13.1 Å². The van der Waals surface area contributed by atoms with Gasteiger partial charge in [-0.25, -0.2) is 4.98 Å². The molecule has 0 amide bonds. The Hall–Kier alpha value is -2.56. The highest BCUT2D eigenvalue weighted by molar-refractivity contribution is 5.38. The molecule has 0 radical (unpaired) electrons. The molecule has 1 aromatic carbocycles. The molecule has 0 aliphatic heterocycles. The SMILES string of the molecule is c1ccc(Cn2cc(NCc3cnc[nH]3)cn2)cc1. The molecular formula is C14H15N5. The molecule has 2 heterocycles. The summed E-state index contributed by atoms with van der Waals surface area (Å²) in [7, 11) is 0. The van der Waals surface area contributed by atoms with E-state index in [9.17, 15) is 0 Å². The van der Waals surface area contributed by atoms with Gasteiger partial charge in [0.15, 0.2) is 0 Å². The summed E-state index contributed by atoms with van der Waals surface area (Å²) >= 11 is 0. The highest BCUT2D eigenvalue weighted by Crippen LogP contribution is 2.09. The van der Waals surface area contributed by atoms with Gasteiger partial charge in [-0.05, 0) is 5.56 Å². The Morgan fingerprint density at radius 3 is 2.84 bits per heavy atom. The Morgan fingerprint density at radius 2 is 2.05 bits per heavy atom. The van der Waals surface area contributed by atoms with Gasteiger partial charge in [-0.2, -0.15) is 5.10 Å². The number of nitrogens with zero attached hydrogens (tertiary/aromatic N) is 3. The van der Waals surface area contributed by atoms with Crippen molar-refractivity contribution in [1.29, 1.82) is 0 Å². The Morgan fingerprint density at radius 1 is 1.16 bits per heavy atom. The Kier molecular flexibility index (Phi) is 3.27. The van der Waals surface area contributed by atoms with Gasteiger partial charge in [0.2, 0.25) is 0 Å². The van der Waals surface area contributed by atoms with Crippen LogP contribution in [-0.4, -0.2) is 19.7 Å². The van der Waals surface area contributed by atoms with E-state index in [2.05, 4.69) is 32.5 Å². The van der Waals surface area contributed by atoms with Crippen LogP contribution >= 0.6 is 0 Å². The number of H-pyrrole nitrogens is 1. The molecule has 96 valence electrons. The Labute approximate surface area is 111 Å². The van der Waals surface area contributed by atoms with Crippen LogP contribution in [0.25, 0.3) is 0 Å². The van der Waals surface area contributed by atoms with Crippen molar-refractivity contribution >= 4 is 5.69 Å². The average Bonchev–Trinajstić information content (AvgIpc) is 3.09. The van der Waals surface area contributed by atoms with Crippen LogP contribution in [0.3, 0.4) is 0 Å². The third kappa shape index (κ3) is 3.01. The summed E-state index contributed by atoms with van der Waals surface area (Å²) in [5, 5.41) is 7.64. The number of nitrogens with one attached hydrogen (secondary N) is 2.